The molecule has 2 rings (SSSR count). The van der Waals surface area contributed by atoms with Gasteiger partial charge in [-0.25, -0.2) is 0 Å². The molecule has 6 nitrogen and oxygen atoms in total. The zero-order valence-electron chi connectivity index (χ0n) is 9.93. The Kier molecular flexibility index (Phi) is 3.92. The first-order chi connectivity index (χ1) is 8.99. The third-order valence-corrected chi connectivity index (χ3v) is 3.30. The van der Waals surface area contributed by atoms with Crippen molar-refractivity contribution in [3.63, 3.8) is 0 Å². The van der Waals surface area contributed by atoms with Crippen LogP contribution in [0.15, 0.2) is 18.2 Å². The molecule has 0 aromatic heterocycles. The van der Waals surface area contributed by atoms with Crippen molar-refractivity contribution in [2.45, 2.75) is 6.04 Å². The molecular formula is C12H13ClN2O4. The third-order valence-electron chi connectivity index (χ3n) is 2.98. The number of carboxylic acids is 1. The SMILES string of the molecule is Nc1ccc(C(=O)NC2COCC2C(=O)O)cc1Cl. The molecule has 2 unspecified atom stereocenters. The number of rotatable bonds is 3. The second-order valence-electron chi connectivity index (χ2n) is 4.30. The minimum absolute atomic E-state index is 0.1000. The molecule has 1 fully saturated rings. The number of ether oxygens (including phenoxy) is 1. The lowest BCUT2D eigenvalue weighted by Crippen LogP contribution is -2.42. The first kappa shape index (κ1) is 13.6. The van der Waals surface area contributed by atoms with Gasteiger partial charge in [0.15, 0.2) is 0 Å². The largest absolute Gasteiger partial charge is 0.481 e. The van der Waals surface area contributed by atoms with E-state index in [1.807, 2.05) is 0 Å². The Labute approximate surface area is 114 Å². The quantitative estimate of drug-likeness (QED) is 0.711. The monoisotopic (exact) mass is 284 g/mol. The van der Waals surface area contributed by atoms with E-state index in [1.54, 1.807) is 0 Å². The Morgan fingerprint density at radius 2 is 2.16 bits per heavy atom. The summed E-state index contributed by atoms with van der Waals surface area (Å²) in [6.45, 7) is 0.286. The van der Waals surface area contributed by atoms with Gasteiger partial charge in [0, 0.05) is 5.56 Å². The average molecular weight is 285 g/mol. The van der Waals surface area contributed by atoms with Crippen LogP contribution in [0.25, 0.3) is 0 Å². The number of nitrogens with two attached hydrogens (primary N) is 1. The molecule has 0 aliphatic carbocycles. The fourth-order valence-electron chi connectivity index (χ4n) is 1.86. The molecule has 1 amide bonds. The summed E-state index contributed by atoms with van der Waals surface area (Å²) >= 11 is 5.83. The van der Waals surface area contributed by atoms with Gasteiger partial charge in [-0.1, -0.05) is 11.6 Å². The molecule has 0 spiro atoms. The summed E-state index contributed by atoms with van der Waals surface area (Å²) in [6.07, 6.45) is 0. The summed E-state index contributed by atoms with van der Waals surface area (Å²) in [4.78, 5) is 22.9. The van der Waals surface area contributed by atoms with Gasteiger partial charge in [0.1, 0.15) is 5.92 Å². The van der Waals surface area contributed by atoms with Crippen LogP contribution < -0.4 is 11.1 Å². The number of carboxylic acid groups (broad SMARTS) is 1. The minimum atomic E-state index is -0.988. The number of aliphatic carboxylic acids is 1. The maximum absolute atomic E-state index is 12.0. The molecule has 1 saturated heterocycles. The van der Waals surface area contributed by atoms with Gasteiger partial charge in [0.2, 0.25) is 0 Å². The van der Waals surface area contributed by atoms with E-state index in [0.29, 0.717) is 11.3 Å². The molecular weight excluding hydrogens is 272 g/mol. The molecule has 102 valence electrons. The number of hydrogen-bond acceptors (Lipinski definition) is 4. The van der Waals surface area contributed by atoms with Gasteiger partial charge in [-0.3, -0.25) is 9.59 Å². The van der Waals surface area contributed by atoms with Gasteiger partial charge >= 0.3 is 5.97 Å². The van der Waals surface area contributed by atoms with E-state index in [2.05, 4.69) is 5.32 Å². The molecule has 0 saturated carbocycles. The van der Waals surface area contributed by atoms with Gasteiger partial charge in [-0.05, 0) is 18.2 Å². The van der Waals surface area contributed by atoms with Crippen molar-refractivity contribution in [3.8, 4) is 0 Å². The molecule has 19 heavy (non-hydrogen) atoms. The fraction of sp³-hybridized carbons (Fsp3) is 0.333. The number of benzene rings is 1. The number of nitrogen functional groups attached to an aromatic ring is 1. The Bertz CT molecular complexity index is 520. The van der Waals surface area contributed by atoms with E-state index in [9.17, 15) is 9.59 Å². The third kappa shape index (κ3) is 2.97. The summed E-state index contributed by atoms with van der Waals surface area (Å²) in [5.41, 5.74) is 6.26. The van der Waals surface area contributed by atoms with Crippen LogP contribution in [0, 0.1) is 5.92 Å². The van der Waals surface area contributed by atoms with E-state index < -0.39 is 23.8 Å². The van der Waals surface area contributed by atoms with Crippen molar-refractivity contribution in [2.75, 3.05) is 18.9 Å². The average Bonchev–Trinajstić information content (AvgIpc) is 2.80. The van der Waals surface area contributed by atoms with E-state index in [-0.39, 0.29) is 18.2 Å². The van der Waals surface area contributed by atoms with E-state index in [1.165, 1.54) is 18.2 Å². The molecule has 0 radical (unpaired) electrons. The van der Waals surface area contributed by atoms with Gasteiger partial charge in [0.05, 0.1) is 30.0 Å². The van der Waals surface area contributed by atoms with Crippen LogP contribution in [-0.2, 0) is 9.53 Å². The fourth-order valence-corrected chi connectivity index (χ4v) is 2.04. The standard InChI is InChI=1S/C12H13ClN2O4/c13-8-3-6(1-2-9(8)14)11(16)15-10-5-19-4-7(10)12(17)18/h1-3,7,10H,4-5,14H2,(H,15,16)(H,17,18). The normalized spacial score (nSPS) is 22.2. The first-order valence-electron chi connectivity index (χ1n) is 5.65. The molecule has 1 aliphatic heterocycles. The van der Waals surface area contributed by atoms with Crippen LogP contribution in [0.3, 0.4) is 0 Å². The van der Waals surface area contributed by atoms with E-state index in [0.717, 1.165) is 0 Å². The molecule has 1 aliphatic rings. The van der Waals surface area contributed by atoms with Crippen molar-refractivity contribution in [1.82, 2.24) is 5.32 Å². The van der Waals surface area contributed by atoms with Crippen molar-refractivity contribution < 1.29 is 19.4 Å². The molecule has 2 atom stereocenters. The number of carbonyl (C=O) groups is 2. The summed E-state index contributed by atoms with van der Waals surface area (Å²) in [7, 11) is 0. The molecule has 1 aromatic carbocycles. The number of anilines is 1. The summed E-state index contributed by atoms with van der Waals surface area (Å²) < 4.78 is 5.07. The first-order valence-corrected chi connectivity index (χ1v) is 6.03. The van der Waals surface area contributed by atoms with Crippen LogP contribution >= 0.6 is 11.6 Å². The van der Waals surface area contributed by atoms with Gasteiger partial charge in [-0.2, -0.15) is 0 Å². The summed E-state index contributed by atoms with van der Waals surface area (Å²) in [6, 6.07) is 3.96. The molecule has 4 N–H and O–H groups in total. The second kappa shape index (κ2) is 5.46. The number of hydrogen-bond donors (Lipinski definition) is 3. The van der Waals surface area contributed by atoms with E-state index >= 15 is 0 Å². The van der Waals surface area contributed by atoms with Gasteiger partial charge in [-0.15, -0.1) is 0 Å². The molecule has 7 heteroatoms. The lowest BCUT2D eigenvalue weighted by molar-refractivity contribution is -0.142. The van der Waals surface area contributed by atoms with Crippen LogP contribution in [0.1, 0.15) is 10.4 Å². The highest BCUT2D eigenvalue weighted by Crippen LogP contribution is 2.20. The predicted molar refractivity (Wildman–Crippen MR) is 69.1 cm³/mol. The number of carbonyl (C=O) groups excluding carboxylic acids is 1. The highest BCUT2D eigenvalue weighted by Gasteiger charge is 2.35. The van der Waals surface area contributed by atoms with Gasteiger partial charge in [0.25, 0.3) is 5.91 Å². The maximum atomic E-state index is 12.0. The Hall–Kier alpha value is -1.79. The van der Waals surface area contributed by atoms with Crippen molar-refractivity contribution in [3.05, 3.63) is 28.8 Å². The minimum Gasteiger partial charge on any atom is -0.481 e. The highest BCUT2D eigenvalue weighted by molar-refractivity contribution is 6.33. The Balaban J connectivity index is 2.08. The second-order valence-corrected chi connectivity index (χ2v) is 4.71. The maximum Gasteiger partial charge on any atom is 0.311 e. The smallest absolute Gasteiger partial charge is 0.311 e. The summed E-state index contributed by atoms with van der Waals surface area (Å²) in [5.74, 6) is -2.12. The van der Waals surface area contributed by atoms with Crippen LogP contribution in [0.5, 0.6) is 0 Å². The topological polar surface area (TPSA) is 102 Å². The number of halogens is 1. The highest BCUT2D eigenvalue weighted by atomic mass is 35.5. The van der Waals surface area contributed by atoms with Gasteiger partial charge < -0.3 is 20.9 Å². The molecule has 1 aromatic rings. The number of amides is 1. The van der Waals surface area contributed by atoms with Crippen molar-refractivity contribution in [1.29, 1.82) is 0 Å². The Morgan fingerprint density at radius 3 is 2.79 bits per heavy atom. The van der Waals surface area contributed by atoms with Crippen LogP contribution in [0.2, 0.25) is 5.02 Å². The van der Waals surface area contributed by atoms with Crippen molar-refractivity contribution >= 4 is 29.2 Å². The number of nitrogens with one attached hydrogen (secondary N) is 1. The predicted octanol–water partition coefficient (Wildman–Crippen LogP) is 0.752. The molecule has 0 bridgehead atoms. The van der Waals surface area contributed by atoms with Crippen LogP contribution in [-0.4, -0.2) is 36.2 Å². The van der Waals surface area contributed by atoms with Crippen LogP contribution in [0.4, 0.5) is 5.69 Å². The van der Waals surface area contributed by atoms with E-state index in [4.69, 9.17) is 27.2 Å². The summed E-state index contributed by atoms with van der Waals surface area (Å²) in [5, 5.41) is 11.9. The lowest BCUT2D eigenvalue weighted by Gasteiger charge is -2.15. The van der Waals surface area contributed by atoms with Crippen molar-refractivity contribution in [2.24, 2.45) is 5.92 Å². The lowest BCUT2D eigenvalue weighted by atomic mass is 10.0. The Morgan fingerprint density at radius 1 is 1.42 bits per heavy atom. The zero-order valence-corrected chi connectivity index (χ0v) is 10.7. The molecule has 1 heterocycles. The zero-order chi connectivity index (χ0) is 14.0.